The van der Waals surface area contributed by atoms with Crippen molar-refractivity contribution in [2.45, 2.75) is 13.3 Å². The lowest BCUT2D eigenvalue weighted by Gasteiger charge is -2.15. The summed E-state index contributed by atoms with van der Waals surface area (Å²) < 4.78 is 0. The summed E-state index contributed by atoms with van der Waals surface area (Å²) in [4.78, 5) is 13.1. The lowest BCUT2D eigenvalue weighted by atomic mass is 9.89. The lowest BCUT2D eigenvalue weighted by Crippen LogP contribution is -2.28. The zero-order valence-corrected chi connectivity index (χ0v) is 6.55. The van der Waals surface area contributed by atoms with Crippen molar-refractivity contribution < 1.29 is 4.79 Å². The summed E-state index contributed by atoms with van der Waals surface area (Å²) in [7, 11) is 1.83. The van der Waals surface area contributed by atoms with E-state index in [2.05, 4.69) is 6.58 Å². The maximum atomic E-state index is 11.3. The minimum absolute atomic E-state index is 0.197. The molecule has 0 radical (unpaired) electrons. The van der Waals surface area contributed by atoms with Crippen molar-refractivity contribution >= 4 is 5.91 Å². The van der Waals surface area contributed by atoms with E-state index in [0.717, 1.165) is 13.0 Å². The predicted molar refractivity (Wildman–Crippen MR) is 40.6 cm³/mol. The minimum Gasteiger partial charge on any atom is -0.345 e. The van der Waals surface area contributed by atoms with Crippen LogP contribution in [0.15, 0.2) is 12.7 Å². The molecule has 0 saturated carbocycles. The average Bonchev–Trinajstić information content (AvgIpc) is 2.19. The van der Waals surface area contributed by atoms with Crippen molar-refractivity contribution in [1.82, 2.24) is 4.90 Å². The van der Waals surface area contributed by atoms with E-state index >= 15 is 0 Å². The molecule has 0 aromatic carbocycles. The maximum absolute atomic E-state index is 11.3. The van der Waals surface area contributed by atoms with Crippen LogP contribution >= 0.6 is 0 Å². The molecule has 0 N–H and O–H groups in total. The van der Waals surface area contributed by atoms with Gasteiger partial charge in [-0.3, -0.25) is 4.79 Å². The Kier molecular flexibility index (Phi) is 1.55. The van der Waals surface area contributed by atoms with Crippen LogP contribution in [-0.4, -0.2) is 24.4 Å². The van der Waals surface area contributed by atoms with Crippen LogP contribution in [0.1, 0.15) is 13.3 Å². The lowest BCUT2D eigenvalue weighted by molar-refractivity contribution is -0.132. The van der Waals surface area contributed by atoms with E-state index in [1.807, 2.05) is 14.0 Å². The number of amides is 1. The van der Waals surface area contributed by atoms with Crippen molar-refractivity contribution in [3.05, 3.63) is 12.7 Å². The second kappa shape index (κ2) is 2.11. The van der Waals surface area contributed by atoms with Gasteiger partial charge in [0.1, 0.15) is 0 Å². The number of rotatable bonds is 1. The Morgan fingerprint density at radius 1 is 1.80 bits per heavy atom. The van der Waals surface area contributed by atoms with E-state index in [0.29, 0.717) is 0 Å². The van der Waals surface area contributed by atoms with E-state index in [4.69, 9.17) is 0 Å². The molecule has 56 valence electrons. The van der Waals surface area contributed by atoms with E-state index < -0.39 is 0 Å². The molecule has 1 aliphatic rings. The number of likely N-dealkylation sites (tertiary alicyclic amines) is 1. The van der Waals surface area contributed by atoms with Gasteiger partial charge in [0, 0.05) is 13.6 Å². The molecule has 1 fully saturated rings. The summed E-state index contributed by atoms with van der Waals surface area (Å²) in [5.74, 6) is 0.197. The number of carbonyl (C=O) groups is 1. The number of hydrogen-bond acceptors (Lipinski definition) is 1. The molecule has 2 nitrogen and oxygen atoms in total. The van der Waals surface area contributed by atoms with E-state index in [9.17, 15) is 4.79 Å². The Hall–Kier alpha value is -0.790. The molecule has 10 heavy (non-hydrogen) atoms. The molecule has 0 aromatic heterocycles. The first-order valence-corrected chi connectivity index (χ1v) is 3.49. The summed E-state index contributed by atoms with van der Waals surface area (Å²) in [5.41, 5.74) is -0.283. The number of hydrogen-bond donors (Lipinski definition) is 0. The zero-order valence-electron chi connectivity index (χ0n) is 6.55. The molecular formula is C8H13NO. The van der Waals surface area contributed by atoms with Crippen LogP contribution in [-0.2, 0) is 4.79 Å². The molecule has 1 heterocycles. The Balaban J connectivity index is 2.83. The fourth-order valence-corrected chi connectivity index (χ4v) is 1.23. The largest absolute Gasteiger partial charge is 0.345 e. The normalized spacial score (nSPS) is 33.0. The van der Waals surface area contributed by atoms with Gasteiger partial charge in [0.2, 0.25) is 5.91 Å². The minimum atomic E-state index is -0.283. The number of nitrogens with zero attached hydrogens (tertiary/aromatic N) is 1. The fraction of sp³-hybridized carbons (Fsp3) is 0.625. The highest BCUT2D eigenvalue weighted by Gasteiger charge is 2.37. The molecule has 0 aromatic rings. The molecule has 0 bridgehead atoms. The highest BCUT2D eigenvalue weighted by Crippen LogP contribution is 2.30. The van der Waals surface area contributed by atoms with Crippen LogP contribution in [0, 0.1) is 5.41 Å². The first-order chi connectivity index (χ1) is 4.60. The maximum Gasteiger partial charge on any atom is 0.232 e. The fourth-order valence-electron chi connectivity index (χ4n) is 1.23. The Bertz CT molecular complexity index is 176. The van der Waals surface area contributed by atoms with Crippen LogP contribution < -0.4 is 0 Å². The van der Waals surface area contributed by atoms with Gasteiger partial charge in [-0.1, -0.05) is 6.08 Å². The molecule has 1 atom stereocenters. The first kappa shape index (κ1) is 7.32. The quantitative estimate of drug-likeness (QED) is 0.497. The SMILES string of the molecule is C=CC1(C)CCN(C)C1=O. The standard InChI is InChI=1S/C8H13NO/c1-4-8(2)5-6-9(3)7(8)10/h4H,1,5-6H2,2-3H3. The highest BCUT2D eigenvalue weighted by molar-refractivity contribution is 5.85. The van der Waals surface area contributed by atoms with Gasteiger partial charge in [0.25, 0.3) is 0 Å². The van der Waals surface area contributed by atoms with E-state index in [1.165, 1.54) is 0 Å². The van der Waals surface area contributed by atoms with Crippen molar-refractivity contribution in [3.8, 4) is 0 Å². The predicted octanol–water partition coefficient (Wildman–Crippen LogP) is 1.04. The monoisotopic (exact) mass is 139 g/mol. The molecule has 1 rings (SSSR count). The van der Waals surface area contributed by atoms with Crippen molar-refractivity contribution in [2.24, 2.45) is 5.41 Å². The second-order valence-electron chi connectivity index (χ2n) is 3.10. The van der Waals surface area contributed by atoms with Gasteiger partial charge >= 0.3 is 0 Å². The smallest absolute Gasteiger partial charge is 0.232 e. The summed E-state index contributed by atoms with van der Waals surface area (Å²) >= 11 is 0. The molecule has 1 unspecified atom stereocenters. The molecule has 2 heteroatoms. The van der Waals surface area contributed by atoms with Crippen LogP contribution in [0.2, 0.25) is 0 Å². The third-order valence-electron chi connectivity index (χ3n) is 2.25. The van der Waals surface area contributed by atoms with Crippen LogP contribution in [0.25, 0.3) is 0 Å². The van der Waals surface area contributed by atoms with Crippen LogP contribution in [0.4, 0.5) is 0 Å². The Morgan fingerprint density at radius 2 is 2.40 bits per heavy atom. The summed E-state index contributed by atoms with van der Waals surface area (Å²) in [5, 5.41) is 0. The molecule has 0 aliphatic carbocycles. The Labute approximate surface area is 61.5 Å². The summed E-state index contributed by atoms with van der Waals surface area (Å²) in [6, 6.07) is 0. The molecular weight excluding hydrogens is 126 g/mol. The number of carbonyl (C=O) groups excluding carboxylic acids is 1. The van der Waals surface area contributed by atoms with Gasteiger partial charge in [-0.2, -0.15) is 0 Å². The average molecular weight is 139 g/mol. The van der Waals surface area contributed by atoms with Crippen molar-refractivity contribution in [2.75, 3.05) is 13.6 Å². The van der Waals surface area contributed by atoms with Crippen LogP contribution in [0.3, 0.4) is 0 Å². The van der Waals surface area contributed by atoms with Gasteiger partial charge in [0.05, 0.1) is 5.41 Å². The van der Waals surface area contributed by atoms with E-state index in [1.54, 1.807) is 11.0 Å². The van der Waals surface area contributed by atoms with Crippen molar-refractivity contribution in [3.63, 3.8) is 0 Å². The molecule has 1 saturated heterocycles. The summed E-state index contributed by atoms with van der Waals surface area (Å²) in [6.45, 7) is 6.45. The molecule has 0 spiro atoms. The van der Waals surface area contributed by atoms with E-state index in [-0.39, 0.29) is 11.3 Å². The highest BCUT2D eigenvalue weighted by atomic mass is 16.2. The van der Waals surface area contributed by atoms with Gasteiger partial charge in [-0.05, 0) is 13.3 Å². The zero-order chi connectivity index (χ0) is 7.78. The molecule has 1 amide bonds. The first-order valence-electron chi connectivity index (χ1n) is 3.49. The molecule has 1 aliphatic heterocycles. The third-order valence-corrected chi connectivity index (χ3v) is 2.25. The van der Waals surface area contributed by atoms with Crippen molar-refractivity contribution in [1.29, 1.82) is 0 Å². The summed E-state index contributed by atoms with van der Waals surface area (Å²) in [6.07, 6.45) is 2.66. The Morgan fingerprint density at radius 3 is 2.60 bits per heavy atom. The van der Waals surface area contributed by atoms with Crippen LogP contribution in [0.5, 0.6) is 0 Å². The second-order valence-corrected chi connectivity index (χ2v) is 3.10. The topological polar surface area (TPSA) is 20.3 Å². The van der Waals surface area contributed by atoms with Gasteiger partial charge in [-0.15, -0.1) is 6.58 Å². The van der Waals surface area contributed by atoms with Gasteiger partial charge in [-0.25, -0.2) is 0 Å². The van der Waals surface area contributed by atoms with Gasteiger partial charge in [0.15, 0.2) is 0 Å². The van der Waals surface area contributed by atoms with Gasteiger partial charge < -0.3 is 4.90 Å². The third kappa shape index (κ3) is 0.838.